The van der Waals surface area contributed by atoms with Crippen molar-refractivity contribution < 1.29 is 28.7 Å². The summed E-state index contributed by atoms with van der Waals surface area (Å²) < 4.78 is 5.95. The molecule has 4 heterocycles. The zero-order valence-electron chi connectivity index (χ0n) is 30.3. The number of imide groups is 2. The van der Waals surface area contributed by atoms with Gasteiger partial charge in [-0.2, -0.15) is 5.26 Å². The summed E-state index contributed by atoms with van der Waals surface area (Å²) in [5.41, 5.74) is 3.66. The zero-order chi connectivity index (χ0) is 38.2. The molecule has 1 saturated carbocycles. The number of amides is 5. The molecule has 1 unspecified atom stereocenters. The normalized spacial score (nSPS) is 23.2. The number of fused-ring (bicyclic) bond motifs is 1. The van der Waals surface area contributed by atoms with Gasteiger partial charge in [-0.05, 0) is 79.8 Å². The highest BCUT2D eigenvalue weighted by molar-refractivity contribution is 6.31. The summed E-state index contributed by atoms with van der Waals surface area (Å²) in [5, 5.41) is 14.8. The zero-order valence-corrected chi connectivity index (χ0v) is 31.1. The van der Waals surface area contributed by atoms with Gasteiger partial charge in [0, 0.05) is 94.1 Å². The van der Waals surface area contributed by atoms with Crippen LogP contribution < -0.4 is 25.2 Å². The Morgan fingerprint density at radius 1 is 0.836 bits per heavy atom. The Bertz CT molecular complexity index is 2060. The maximum absolute atomic E-state index is 13.3. The molecule has 13 nitrogen and oxygen atoms in total. The number of anilines is 2. The molecule has 3 aromatic rings. The molecule has 5 amide bonds. The van der Waals surface area contributed by atoms with Crippen LogP contribution >= 0.6 is 11.6 Å². The second kappa shape index (κ2) is 15.4. The van der Waals surface area contributed by atoms with E-state index in [0.717, 1.165) is 74.9 Å². The summed E-state index contributed by atoms with van der Waals surface area (Å²) in [5.74, 6) is -0.877. The molecular formula is C41H42ClN7O6. The average Bonchev–Trinajstić information content (AvgIpc) is 3.42. The molecule has 2 N–H and O–H groups in total. The van der Waals surface area contributed by atoms with Crippen LogP contribution in [0.25, 0.3) is 0 Å². The largest absolute Gasteiger partial charge is 0.490 e. The van der Waals surface area contributed by atoms with Gasteiger partial charge in [-0.1, -0.05) is 11.6 Å². The van der Waals surface area contributed by atoms with Crippen LogP contribution in [0, 0.1) is 17.2 Å². The number of carbonyl (C=O) groups excluding carboxylic acids is 5. The number of piperazine rings is 1. The second-order valence-corrected chi connectivity index (χ2v) is 15.5. The molecule has 14 heteroatoms. The molecule has 1 aliphatic carbocycles. The van der Waals surface area contributed by atoms with Crippen LogP contribution in [0.2, 0.25) is 5.02 Å². The van der Waals surface area contributed by atoms with Gasteiger partial charge in [0.25, 0.3) is 17.7 Å². The van der Waals surface area contributed by atoms with E-state index >= 15 is 0 Å². The molecule has 5 aliphatic rings. The fourth-order valence-corrected chi connectivity index (χ4v) is 8.52. The van der Waals surface area contributed by atoms with Crippen LogP contribution in [-0.4, -0.2) is 103 Å². The number of rotatable bonds is 9. The lowest BCUT2D eigenvalue weighted by molar-refractivity contribution is -0.136. The number of ether oxygens (including phenoxy) is 1. The van der Waals surface area contributed by atoms with Crippen molar-refractivity contribution >= 4 is 52.5 Å². The van der Waals surface area contributed by atoms with Gasteiger partial charge in [-0.15, -0.1) is 0 Å². The first kappa shape index (κ1) is 36.5. The third-order valence-corrected chi connectivity index (χ3v) is 11.9. The summed E-state index contributed by atoms with van der Waals surface area (Å²) in [6, 6.07) is 19.3. The van der Waals surface area contributed by atoms with Crippen molar-refractivity contribution in [2.24, 2.45) is 5.92 Å². The molecular weight excluding hydrogens is 722 g/mol. The Hall–Kier alpha value is -5.45. The smallest absolute Gasteiger partial charge is 0.262 e. The standard InChI is InChI=1S/C41H42ClN7O6/c42-35-22-31(7-3-27(35)23-43)55-32-19-28(20-32)44-38(51)26-1-4-29(5-2-26)48-17-15-46(16-18-48)24-25-11-13-47(14-12-25)30-6-8-33-34(21-30)41(54)49(40(33)53)36-9-10-37(50)45-39(36)52/h1-8,21-22,25,28,32,36H,9-20,24H2,(H,44,51)(H,45,50,52). The Morgan fingerprint density at radius 3 is 2.22 bits per heavy atom. The monoisotopic (exact) mass is 763 g/mol. The minimum Gasteiger partial charge on any atom is -0.490 e. The fraction of sp³-hybridized carbons (Fsp3) is 0.415. The van der Waals surface area contributed by atoms with Crippen LogP contribution in [-0.2, 0) is 9.59 Å². The molecule has 3 saturated heterocycles. The minimum absolute atomic E-state index is 0.0105. The van der Waals surface area contributed by atoms with Gasteiger partial charge in [0.05, 0.1) is 21.7 Å². The molecule has 0 spiro atoms. The molecule has 0 aromatic heterocycles. The molecule has 0 bridgehead atoms. The Kier molecular flexibility index (Phi) is 10.2. The third-order valence-electron chi connectivity index (χ3n) is 11.6. The first-order valence-corrected chi connectivity index (χ1v) is 19.4. The van der Waals surface area contributed by atoms with Crippen LogP contribution in [0.3, 0.4) is 0 Å². The molecule has 284 valence electrons. The Balaban J connectivity index is 0.757. The Morgan fingerprint density at radius 2 is 1.53 bits per heavy atom. The third kappa shape index (κ3) is 7.61. The van der Waals surface area contributed by atoms with E-state index < -0.39 is 29.7 Å². The maximum atomic E-state index is 13.3. The Labute approximate surface area is 324 Å². The van der Waals surface area contributed by atoms with Crippen LogP contribution in [0.4, 0.5) is 11.4 Å². The van der Waals surface area contributed by atoms with Crippen molar-refractivity contribution in [3.8, 4) is 11.8 Å². The second-order valence-electron chi connectivity index (χ2n) is 15.1. The molecule has 4 fully saturated rings. The van der Waals surface area contributed by atoms with Crippen molar-refractivity contribution in [2.75, 3.05) is 55.6 Å². The summed E-state index contributed by atoms with van der Waals surface area (Å²) in [6.45, 7) is 6.50. The number of carbonyl (C=O) groups is 5. The topological polar surface area (TPSA) is 155 Å². The number of hydrogen-bond acceptors (Lipinski definition) is 10. The van der Waals surface area contributed by atoms with Crippen molar-refractivity contribution in [3.05, 3.63) is 87.9 Å². The highest BCUT2D eigenvalue weighted by Crippen LogP contribution is 2.33. The van der Waals surface area contributed by atoms with Gasteiger partial charge < -0.3 is 19.9 Å². The summed E-state index contributed by atoms with van der Waals surface area (Å²) in [7, 11) is 0. The molecule has 0 radical (unpaired) electrons. The van der Waals surface area contributed by atoms with Crippen LogP contribution in [0.5, 0.6) is 5.75 Å². The van der Waals surface area contributed by atoms with Gasteiger partial charge in [0.1, 0.15) is 24.0 Å². The van der Waals surface area contributed by atoms with E-state index in [2.05, 4.69) is 25.3 Å². The van der Waals surface area contributed by atoms with E-state index in [9.17, 15) is 24.0 Å². The number of halogens is 1. The highest BCUT2D eigenvalue weighted by Gasteiger charge is 2.45. The van der Waals surface area contributed by atoms with E-state index in [1.165, 1.54) is 0 Å². The number of nitriles is 1. The van der Waals surface area contributed by atoms with Crippen molar-refractivity contribution in [1.29, 1.82) is 5.26 Å². The lowest BCUT2D eigenvalue weighted by Crippen LogP contribution is -2.54. The fourth-order valence-electron chi connectivity index (χ4n) is 8.31. The van der Waals surface area contributed by atoms with E-state index in [1.54, 1.807) is 30.3 Å². The molecule has 1 atom stereocenters. The van der Waals surface area contributed by atoms with E-state index in [1.807, 2.05) is 36.4 Å². The predicted octanol–water partition coefficient (Wildman–Crippen LogP) is 3.99. The van der Waals surface area contributed by atoms with E-state index in [0.29, 0.717) is 51.8 Å². The van der Waals surface area contributed by atoms with E-state index in [4.69, 9.17) is 21.6 Å². The van der Waals surface area contributed by atoms with Gasteiger partial charge in [-0.3, -0.25) is 39.1 Å². The van der Waals surface area contributed by atoms with Gasteiger partial charge >= 0.3 is 0 Å². The molecule has 3 aromatic carbocycles. The SMILES string of the molecule is N#Cc1ccc(OC2CC(NC(=O)c3ccc(N4CCN(CC5CCN(c6ccc7c(c6)C(=O)N(C6CCC(=O)NC6=O)C7=O)CC5)CC4)cc3)C2)cc1Cl. The summed E-state index contributed by atoms with van der Waals surface area (Å²) in [4.78, 5) is 71.5. The minimum atomic E-state index is -0.969. The van der Waals surface area contributed by atoms with Gasteiger partial charge in [0.2, 0.25) is 11.8 Å². The summed E-state index contributed by atoms with van der Waals surface area (Å²) >= 11 is 6.11. The van der Waals surface area contributed by atoms with Crippen molar-refractivity contribution in [1.82, 2.24) is 20.4 Å². The number of nitrogens with one attached hydrogen (secondary N) is 2. The number of benzene rings is 3. The summed E-state index contributed by atoms with van der Waals surface area (Å²) in [6.07, 6.45) is 3.69. The first-order chi connectivity index (χ1) is 26.6. The number of piperidine rings is 2. The van der Waals surface area contributed by atoms with Gasteiger partial charge in [0.15, 0.2) is 0 Å². The molecule has 8 rings (SSSR count). The average molecular weight is 764 g/mol. The van der Waals surface area contributed by atoms with Crippen molar-refractivity contribution in [2.45, 2.75) is 56.7 Å². The van der Waals surface area contributed by atoms with E-state index in [-0.39, 0.29) is 30.9 Å². The van der Waals surface area contributed by atoms with Crippen LogP contribution in [0.1, 0.15) is 75.2 Å². The van der Waals surface area contributed by atoms with Gasteiger partial charge in [-0.25, -0.2) is 0 Å². The number of hydrogen-bond donors (Lipinski definition) is 2. The highest BCUT2D eigenvalue weighted by atomic mass is 35.5. The quantitative estimate of drug-likeness (QED) is 0.306. The molecule has 4 aliphatic heterocycles. The first-order valence-electron chi connectivity index (χ1n) is 19.0. The van der Waals surface area contributed by atoms with Crippen molar-refractivity contribution in [3.63, 3.8) is 0 Å². The van der Waals surface area contributed by atoms with Crippen LogP contribution in [0.15, 0.2) is 60.7 Å². The molecule has 55 heavy (non-hydrogen) atoms. The lowest BCUT2D eigenvalue weighted by Gasteiger charge is -2.40. The lowest BCUT2D eigenvalue weighted by atomic mass is 9.89. The maximum Gasteiger partial charge on any atom is 0.262 e. The number of nitrogens with zero attached hydrogens (tertiary/aromatic N) is 5. The predicted molar refractivity (Wildman–Crippen MR) is 204 cm³/mol.